The number of aromatic nitrogens is 3. The van der Waals surface area contributed by atoms with Crippen LogP contribution in [-0.2, 0) is 53.1 Å². The fourth-order valence-electron chi connectivity index (χ4n) is 15.7. The summed E-state index contributed by atoms with van der Waals surface area (Å²) in [7, 11) is 0. The predicted octanol–water partition coefficient (Wildman–Crippen LogP) is 19.0. The van der Waals surface area contributed by atoms with Crippen LogP contribution >= 0.6 is 37.2 Å². The number of anilines is 3. The summed E-state index contributed by atoms with van der Waals surface area (Å²) >= 11 is 4.24. The molecule has 0 saturated carbocycles. The number of carboxylic acid groups (broad SMARTS) is 3. The first-order valence-electron chi connectivity index (χ1n) is 42.2. The third kappa shape index (κ3) is 29.9. The van der Waals surface area contributed by atoms with E-state index in [1.807, 2.05) is 208 Å². The van der Waals surface area contributed by atoms with Gasteiger partial charge in [-0.05, 0) is 187 Å². The first-order valence-corrected chi connectivity index (χ1v) is 48.5. The second kappa shape index (κ2) is 51.8. The molecule has 9 aromatic carbocycles. The van der Waals surface area contributed by atoms with E-state index >= 15 is 0 Å². The van der Waals surface area contributed by atoms with Gasteiger partial charge in [-0.1, -0.05) is 193 Å². The molecule has 28 heteroatoms. The van der Waals surface area contributed by atoms with Gasteiger partial charge in [0.25, 0.3) is 17.7 Å². The number of cyclic esters (lactones) is 2. The minimum absolute atomic E-state index is 0. The molecule has 5 heterocycles. The van der Waals surface area contributed by atoms with Crippen molar-refractivity contribution in [1.82, 2.24) is 13.7 Å². The molecule has 0 radical (unpaired) electrons. The van der Waals surface area contributed by atoms with Crippen molar-refractivity contribution in [2.24, 2.45) is 0 Å². The summed E-state index contributed by atoms with van der Waals surface area (Å²) in [5.41, 5.74) is 15.3. The minimum atomic E-state index is -1.39. The average molecular weight is 2030 g/mol. The molecule has 0 spiro atoms. The molecule has 2 aliphatic rings. The second-order valence-electron chi connectivity index (χ2n) is 31.5. The average Bonchev–Trinajstić information content (AvgIpc) is 1.60. The number of halogens is 5. The van der Waals surface area contributed by atoms with Crippen molar-refractivity contribution in [3.05, 3.63) is 330 Å². The number of nitrogens with zero attached hydrogens (tertiary/aromatic N) is 3. The van der Waals surface area contributed by atoms with Crippen LogP contribution in [0.1, 0.15) is 166 Å². The molecule has 0 unspecified atom stereocenters. The standard InChI is InChI=1S/C33H35FN2O5.C33H31FN2O4.C33H31FN2O3.2C2H4O2.Ca.I2/c1-21(2)31-30(33(41)35-25-11-7-4-8-12-25)29(22-9-5-3-6-10-22)32(23-13-15-24(34)16-14-23)36(31)18-17-26(37)19-27(38)20-28(39)40;1-21(2)31-30(33(39)35-25-11-7-4-8-12-25)29(22-9-5-3-6-10-22)32(23-13-15-24(34)16-14-23)36(31)18-17-27-19-26(37)20-28(38)40-27;1-22(2)31-30(33(38)35-26-12-7-4-8-13-26)29(23-10-5-3-6-11-23)32(24-16-18-25(34)19-17-24)36(31)21-20-27-14-9-15-28(37)39-27;2*1-2(3)4;;1-2/h3-16,21,26-27,37-38H,17-20H2,1-2H3,(H,35,41)(H,39,40);3-16,20-21,27,37H,17-19H2,1-2H3,(H,35,39);3-13,15-19,22,27H,14,20-21H2,1-2H3,(H,35,38);2*1H3,(H,3,4);;/q;;;;;+2;/p-3/t26-,27-;2*27-;;;;/m110..../s1. The molecule has 14 rings (SSSR count). The Bertz CT molecular complexity index is 5850. The molecule has 0 bridgehead atoms. The molecule has 3 amide bonds. The van der Waals surface area contributed by atoms with Gasteiger partial charge in [-0.3, -0.25) is 14.4 Å². The maximum atomic E-state index is 14.1. The van der Waals surface area contributed by atoms with E-state index in [0.717, 1.165) is 87.3 Å². The second-order valence-corrected chi connectivity index (χ2v) is 31.5. The number of carbonyl (C=O) groups excluding carboxylic acids is 8. The van der Waals surface area contributed by atoms with E-state index < -0.39 is 54.4 Å². The number of carbonyl (C=O) groups is 8. The van der Waals surface area contributed by atoms with E-state index in [0.29, 0.717) is 82.9 Å². The minimum Gasteiger partial charge on any atom is -0.550 e. The van der Waals surface area contributed by atoms with Crippen molar-refractivity contribution < 1.29 is 91.6 Å². The summed E-state index contributed by atoms with van der Waals surface area (Å²) in [6.45, 7) is 15.3. The quantitative estimate of drug-likeness (QED) is 0.0151. The largest absolute Gasteiger partial charge is 2.00 e. The van der Waals surface area contributed by atoms with Crippen LogP contribution in [-0.4, -0.2) is 139 Å². The van der Waals surface area contributed by atoms with Gasteiger partial charge < -0.3 is 84.1 Å². The van der Waals surface area contributed by atoms with Gasteiger partial charge in [0, 0.05) is 164 Å². The third-order valence-electron chi connectivity index (χ3n) is 20.8. The normalized spacial score (nSPS) is 13.4. The number of hydrogen-bond donors (Lipinski definition) is 6. The Labute approximate surface area is 813 Å². The van der Waals surface area contributed by atoms with E-state index in [1.54, 1.807) is 48.5 Å². The number of esters is 2. The Kier molecular flexibility index (Phi) is 41.4. The number of nitrogens with one attached hydrogen (secondary N) is 3. The molecule has 131 heavy (non-hydrogen) atoms. The molecular weight excluding hydrogens is 1930 g/mol. The van der Waals surface area contributed by atoms with Crippen molar-refractivity contribution in [3.63, 3.8) is 0 Å². The number of aliphatic carboxylic acids is 3. The van der Waals surface area contributed by atoms with Gasteiger partial charge in [-0.2, -0.15) is 0 Å². The SMILES string of the molecule is CC(=O)[O-].CC(=O)[O-].CC(C)c1c(C(=O)Nc2ccccc2)c(-c2ccccc2)c(-c2ccc(F)cc2)n1CC[C@@H](O)C[C@@H](O)CC(=O)[O-].CC(C)c1c(C(=O)Nc2ccccc2)c(-c2ccccc2)c(-c2ccc(F)cc2)n1CC[C@@H]1CC(O)=CC(=O)O1.CC(C)c1c(C(=O)Nc2ccccc2)c(-c2ccccc2)c(-c2ccc(F)cc2)n1CC[C@@H]1CC=CC(=O)O1.II.[Ca+2]. The summed E-state index contributed by atoms with van der Waals surface area (Å²) in [5.74, 6) is -6.50. The number of benzene rings is 9. The van der Waals surface area contributed by atoms with Crippen LogP contribution in [0.5, 0.6) is 0 Å². The smallest absolute Gasteiger partial charge is 0.550 e. The summed E-state index contributed by atoms with van der Waals surface area (Å²) in [5, 5.41) is 68.6. The number of hydrogen-bond acceptors (Lipinski definition) is 16. The van der Waals surface area contributed by atoms with E-state index in [2.05, 4.69) is 76.2 Å². The number of ether oxygens (including phenoxy) is 2. The Morgan fingerprint density at radius 1 is 0.427 bits per heavy atom. The maximum absolute atomic E-state index is 14.1. The fraction of sp³-hybridized carbons (Fsp3) is 0.243. The summed E-state index contributed by atoms with van der Waals surface area (Å²) in [4.78, 5) is 94.7. The topological polar surface area (TPSA) is 336 Å². The molecule has 0 fully saturated rings. The number of aliphatic hydroxyl groups is 3. The summed E-state index contributed by atoms with van der Waals surface area (Å²) in [6, 6.07) is 75.5. The van der Waals surface area contributed by atoms with Crippen LogP contribution in [0, 0.1) is 17.5 Å². The molecule has 0 aliphatic carbocycles. The van der Waals surface area contributed by atoms with Gasteiger partial charge in [0.15, 0.2) is 0 Å². The van der Waals surface area contributed by atoms with Crippen molar-refractivity contribution in [3.8, 4) is 67.2 Å². The fourth-order valence-corrected chi connectivity index (χ4v) is 15.7. The molecule has 4 atom stereocenters. The molecule has 678 valence electrons. The monoisotopic (exact) mass is 2030 g/mol. The molecular formula is C103H102CaF3I2N6O16-. The van der Waals surface area contributed by atoms with Gasteiger partial charge in [0.05, 0.1) is 52.1 Å². The van der Waals surface area contributed by atoms with Crippen molar-refractivity contribution in [2.75, 3.05) is 16.0 Å². The zero-order valence-corrected chi connectivity index (χ0v) is 80.2. The molecule has 6 N–H and O–H groups in total. The maximum Gasteiger partial charge on any atom is 2.00 e. The summed E-state index contributed by atoms with van der Waals surface area (Å²) in [6.07, 6.45) is 2.71. The number of amides is 3. The molecule has 2 aliphatic heterocycles. The molecule has 22 nitrogen and oxygen atoms in total. The Morgan fingerprint density at radius 2 is 0.718 bits per heavy atom. The van der Waals surface area contributed by atoms with Crippen molar-refractivity contribution in [1.29, 1.82) is 0 Å². The van der Waals surface area contributed by atoms with Crippen LogP contribution in [0.15, 0.2) is 279 Å². The van der Waals surface area contributed by atoms with Gasteiger partial charge in [-0.15, -0.1) is 0 Å². The van der Waals surface area contributed by atoms with Crippen LogP contribution in [0.2, 0.25) is 0 Å². The van der Waals surface area contributed by atoms with E-state index in [9.17, 15) is 62.4 Å². The van der Waals surface area contributed by atoms with E-state index in [-0.39, 0.29) is 128 Å². The van der Waals surface area contributed by atoms with Gasteiger partial charge >= 0.3 is 49.7 Å². The van der Waals surface area contributed by atoms with Gasteiger partial charge in [0.2, 0.25) is 0 Å². The van der Waals surface area contributed by atoms with Crippen LogP contribution in [0.25, 0.3) is 67.2 Å². The van der Waals surface area contributed by atoms with Crippen LogP contribution in [0.3, 0.4) is 0 Å². The summed E-state index contributed by atoms with van der Waals surface area (Å²) < 4.78 is 59.3. The number of para-hydroxylation sites is 3. The van der Waals surface area contributed by atoms with Gasteiger partial charge in [0.1, 0.15) is 35.4 Å². The molecule has 3 aromatic heterocycles. The van der Waals surface area contributed by atoms with Crippen LogP contribution in [0.4, 0.5) is 30.2 Å². The van der Waals surface area contributed by atoms with E-state index in [1.165, 1.54) is 42.5 Å². The van der Waals surface area contributed by atoms with E-state index in [4.69, 9.17) is 29.3 Å². The number of aliphatic hydroxyl groups excluding tert-OH is 3. The number of rotatable bonds is 28. The number of carboxylic acids is 3. The first kappa shape index (κ1) is 105. The zero-order valence-electron chi connectivity index (χ0n) is 73.7. The molecule has 0 saturated heterocycles. The Hall–Kier alpha value is -11.7. The zero-order chi connectivity index (χ0) is 94.3. The first-order chi connectivity index (χ1) is 62.3. The van der Waals surface area contributed by atoms with Gasteiger partial charge in [-0.25, -0.2) is 22.8 Å². The van der Waals surface area contributed by atoms with Crippen molar-refractivity contribution in [2.45, 2.75) is 162 Å². The Balaban J connectivity index is 0.000000229. The van der Waals surface area contributed by atoms with Crippen molar-refractivity contribution >= 4 is 140 Å². The van der Waals surface area contributed by atoms with Crippen LogP contribution < -0.4 is 31.3 Å². The third-order valence-corrected chi connectivity index (χ3v) is 20.8. The Morgan fingerprint density at radius 3 is 1.01 bits per heavy atom. The predicted molar refractivity (Wildman–Crippen MR) is 515 cm³/mol. The molecule has 12 aromatic rings.